The number of carbonyl (C=O) groups excluding carboxylic acids is 1. The first-order valence-corrected chi connectivity index (χ1v) is 9.43. The van der Waals surface area contributed by atoms with Crippen LogP contribution < -0.4 is 15.6 Å². The monoisotopic (exact) mass is 372 g/mol. The number of ketones is 1. The predicted octanol–water partition coefficient (Wildman–Crippen LogP) is 3.97. The van der Waals surface area contributed by atoms with Gasteiger partial charge in [-0.3, -0.25) is 9.59 Å². The van der Waals surface area contributed by atoms with Gasteiger partial charge in [-0.25, -0.2) is 0 Å². The molecule has 0 aliphatic carbocycles. The number of rotatable bonds is 7. The summed E-state index contributed by atoms with van der Waals surface area (Å²) in [6.45, 7) is 10.0. The Morgan fingerprint density at radius 2 is 1.78 bits per heavy atom. The summed E-state index contributed by atoms with van der Waals surface area (Å²) in [5.74, 6) is 0.613. The zero-order chi connectivity index (χ0) is 20.4. The normalized spacial score (nSPS) is 10.1. The molecule has 1 aromatic carbocycles. The molecule has 0 aliphatic rings. The molecule has 1 aromatic heterocycles. The van der Waals surface area contributed by atoms with Gasteiger partial charge in [-0.2, -0.15) is 0 Å². The van der Waals surface area contributed by atoms with Gasteiger partial charge in [0.25, 0.3) is 5.56 Å². The molecule has 27 heavy (non-hydrogen) atoms. The minimum atomic E-state index is -0.0203. The van der Waals surface area contributed by atoms with Gasteiger partial charge < -0.3 is 14.6 Å². The maximum absolute atomic E-state index is 11.7. The predicted molar refractivity (Wildman–Crippen MR) is 112 cm³/mol. The molecule has 0 atom stereocenters. The molecule has 0 spiro atoms. The van der Waals surface area contributed by atoms with Crippen molar-refractivity contribution < 1.29 is 9.53 Å². The van der Waals surface area contributed by atoms with Crippen LogP contribution in [0.4, 0.5) is 0 Å². The van der Waals surface area contributed by atoms with Crippen molar-refractivity contribution in [3.05, 3.63) is 51.9 Å². The summed E-state index contributed by atoms with van der Waals surface area (Å²) in [5.41, 5.74) is 3.00. The number of nitrogens with one attached hydrogen (secondary N) is 1. The van der Waals surface area contributed by atoms with Gasteiger partial charge in [0.15, 0.2) is 5.78 Å². The number of benzene rings is 1. The van der Waals surface area contributed by atoms with E-state index in [0.29, 0.717) is 16.9 Å². The van der Waals surface area contributed by atoms with Crippen LogP contribution in [0.5, 0.6) is 5.75 Å². The van der Waals surface area contributed by atoms with Gasteiger partial charge in [0.05, 0.1) is 7.11 Å². The molecule has 2 rings (SSSR count). The second-order valence-electron chi connectivity index (χ2n) is 6.55. The van der Waals surface area contributed by atoms with Crippen molar-refractivity contribution in [1.29, 1.82) is 0 Å². The molecule has 1 heterocycles. The molecule has 0 unspecified atom stereocenters. The van der Waals surface area contributed by atoms with E-state index in [-0.39, 0.29) is 11.3 Å². The van der Waals surface area contributed by atoms with E-state index in [1.54, 1.807) is 44.0 Å². The zero-order valence-corrected chi connectivity index (χ0v) is 17.4. The topological polar surface area (TPSA) is 60.3 Å². The van der Waals surface area contributed by atoms with Crippen molar-refractivity contribution in [1.82, 2.24) is 9.88 Å². The summed E-state index contributed by atoms with van der Waals surface area (Å²) in [6, 6.07) is 7.15. The van der Waals surface area contributed by atoms with E-state index in [1.807, 2.05) is 12.1 Å². The van der Waals surface area contributed by atoms with Gasteiger partial charge in [-0.15, -0.1) is 0 Å². The van der Waals surface area contributed by atoms with Crippen LogP contribution in [-0.4, -0.2) is 30.5 Å². The van der Waals surface area contributed by atoms with Crippen LogP contribution in [0.1, 0.15) is 49.5 Å². The molecule has 0 radical (unpaired) electrons. The average molecular weight is 373 g/mol. The number of pyridine rings is 1. The molecular weight excluding hydrogens is 340 g/mol. The van der Waals surface area contributed by atoms with Crippen LogP contribution in [0.2, 0.25) is 0 Å². The van der Waals surface area contributed by atoms with Crippen LogP contribution in [0.25, 0.3) is 11.1 Å². The lowest BCUT2D eigenvalue weighted by Crippen LogP contribution is -2.18. The second kappa shape index (κ2) is 11.3. The van der Waals surface area contributed by atoms with E-state index in [0.717, 1.165) is 11.1 Å². The first-order valence-electron chi connectivity index (χ1n) is 9.43. The molecule has 0 saturated heterocycles. The van der Waals surface area contributed by atoms with E-state index >= 15 is 0 Å². The Bertz CT molecular complexity index is 779. The van der Waals surface area contributed by atoms with Crippen molar-refractivity contribution in [2.45, 2.75) is 40.5 Å². The fourth-order valence-corrected chi connectivity index (χ4v) is 2.65. The molecule has 0 fully saturated rings. The first kappa shape index (κ1) is 22.6. The van der Waals surface area contributed by atoms with Crippen LogP contribution in [0, 0.1) is 6.92 Å². The van der Waals surface area contributed by atoms with Crippen molar-refractivity contribution in [3.63, 3.8) is 0 Å². The lowest BCUT2D eigenvalue weighted by Gasteiger charge is -2.12. The number of carbonyl (C=O) groups is 1. The van der Waals surface area contributed by atoms with Crippen LogP contribution in [0.15, 0.2) is 35.3 Å². The summed E-state index contributed by atoms with van der Waals surface area (Å²) in [4.78, 5) is 23.2. The Labute approximate surface area is 162 Å². The lowest BCUT2D eigenvalue weighted by molar-refractivity contribution is 0.101. The minimum Gasteiger partial charge on any atom is -0.496 e. The molecule has 0 saturated carbocycles. The van der Waals surface area contributed by atoms with Crippen molar-refractivity contribution in [3.8, 4) is 16.9 Å². The fraction of sp³-hybridized carbons (Fsp3) is 0.455. The number of Topliss-reactive ketones (excluding diaryl/α,β-unsaturated/α-hetero) is 1. The summed E-state index contributed by atoms with van der Waals surface area (Å²) >= 11 is 0. The Balaban J connectivity index is 0.000000445. The number of ether oxygens (including phenoxy) is 1. The molecule has 5 nitrogen and oxygen atoms in total. The number of hydrogen-bond acceptors (Lipinski definition) is 4. The number of aromatic nitrogens is 1. The number of methoxy groups -OCH3 is 1. The highest BCUT2D eigenvalue weighted by atomic mass is 16.5. The molecule has 5 heteroatoms. The summed E-state index contributed by atoms with van der Waals surface area (Å²) in [7, 11) is 3.28. The number of nitrogens with zero attached hydrogens (tertiary/aromatic N) is 1. The minimum absolute atomic E-state index is 0.00788. The lowest BCUT2D eigenvalue weighted by atomic mass is 10.0. The van der Waals surface area contributed by atoms with Gasteiger partial charge in [0, 0.05) is 35.5 Å². The number of aryl methyl sites for hydroxylation is 2. The fourth-order valence-electron chi connectivity index (χ4n) is 2.65. The SMILES string of the molecule is CCCNCCC.COc1cc(C(C)=O)ccc1-c1cc(C)c(=O)n(C)c1. The van der Waals surface area contributed by atoms with E-state index in [9.17, 15) is 9.59 Å². The molecule has 0 bridgehead atoms. The highest BCUT2D eigenvalue weighted by Crippen LogP contribution is 2.30. The van der Waals surface area contributed by atoms with Crippen molar-refractivity contribution in [2.75, 3.05) is 20.2 Å². The van der Waals surface area contributed by atoms with Gasteiger partial charge >= 0.3 is 0 Å². The van der Waals surface area contributed by atoms with E-state index < -0.39 is 0 Å². The summed E-state index contributed by atoms with van der Waals surface area (Å²) in [5, 5.41) is 3.28. The van der Waals surface area contributed by atoms with Gasteiger partial charge in [-0.05, 0) is 58.0 Å². The molecule has 1 N–H and O–H groups in total. The van der Waals surface area contributed by atoms with Gasteiger partial charge in [-0.1, -0.05) is 19.9 Å². The molecule has 0 amide bonds. The molecule has 0 aliphatic heterocycles. The summed E-state index contributed by atoms with van der Waals surface area (Å²) in [6.07, 6.45) is 4.26. The van der Waals surface area contributed by atoms with Crippen LogP contribution in [-0.2, 0) is 7.05 Å². The standard InChI is InChI=1S/C16H17NO3.C6H15N/c1-10-7-13(9-17(3)16(10)19)14-6-5-12(11(2)18)8-15(14)20-4;1-3-5-7-6-4-2/h5-9H,1-4H3;7H,3-6H2,1-2H3. The second-order valence-corrected chi connectivity index (χ2v) is 6.55. The third kappa shape index (κ3) is 6.68. The Morgan fingerprint density at radius 3 is 2.26 bits per heavy atom. The number of hydrogen-bond donors (Lipinski definition) is 1. The maximum Gasteiger partial charge on any atom is 0.253 e. The first-order chi connectivity index (χ1) is 12.8. The third-order valence-corrected chi connectivity index (χ3v) is 4.14. The van der Waals surface area contributed by atoms with Crippen molar-refractivity contribution in [2.24, 2.45) is 7.05 Å². The zero-order valence-electron chi connectivity index (χ0n) is 17.4. The van der Waals surface area contributed by atoms with E-state index in [1.165, 1.54) is 32.9 Å². The van der Waals surface area contributed by atoms with Gasteiger partial charge in [0.1, 0.15) is 5.75 Å². The Morgan fingerprint density at radius 1 is 1.15 bits per heavy atom. The third-order valence-electron chi connectivity index (χ3n) is 4.14. The van der Waals surface area contributed by atoms with E-state index in [2.05, 4.69) is 19.2 Å². The van der Waals surface area contributed by atoms with Crippen molar-refractivity contribution >= 4 is 5.78 Å². The average Bonchev–Trinajstić information content (AvgIpc) is 2.66. The Hall–Kier alpha value is -2.40. The maximum atomic E-state index is 11.7. The highest BCUT2D eigenvalue weighted by molar-refractivity contribution is 5.95. The molecule has 2 aromatic rings. The molecular formula is C22H32N2O3. The molecule has 148 valence electrons. The smallest absolute Gasteiger partial charge is 0.253 e. The summed E-state index contributed by atoms with van der Waals surface area (Å²) < 4.78 is 6.91. The highest BCUT2D eigenvalue weighted by Gasteiger charge is 2.11. The van der Waals surface area contributed by atoms with Crippen LogP contribution in [0.3, 0.4) is 0 Å². The largest absolute Gasteiger partial charge is 0.496 e. The Kier molecular flexibility index (Phi) is 9.51. The quantitative estimate of drug-likeness (QED) is 0.590. The van der Waals surface area contributed by atoms with E-state index in [4.69, 9.17) is 4.74 Å². The van der Waals surface area contributed by atoms with Gasteiger partial charge in [0.2, 0.25) is 0 Å². The van der Waals surface area contributed by atoms with Crippen LogP contribution >= 0.6 is 0 Å².